The summed E-state index contributed by atoms with van der Waals surface area (Å²) < 4.78 is 13.7. The van der Waals surface area contributed by atoms with Crippen molar-refractivity contribution in [3.05, 3.63) is 89.4 Å². The number of aryl methyl sites for hydroxylation is 1. The van der Waals surface area contributed by atoms with Crippen LogP contribution in [0.15, 0.2) is 72.5 Å². The second-order valence-corrected chi connectivity index (χ2v) is 7.15. The number of anilines is 1. The van der Waals surface area contributed by atoms with Crippen molar-refractivity contribution in [1.82, 2.24) is 9.97 Å². The van der Waals surface area contributed by atoms with Crippen molar-refractivity contribution >= 4 is 22.9 Å². The number of nitrogens with zero attached hydrogens (tertiary/aromatic N) is 2. The van der Waals surface area contributed by atoms with Crippen LogP contribution in [0, 0.1) is 12.7 Å². The zero-order valence-electron chi connectivity index (χ0n) is 15.0. The first-order valence-corrected chi connectivity index (χ1v) is 9.51. The molecule has 0 spiro atoms. The number of pyridine rings is 1. The monoisotopic (exact) mass is 389 g/mol. The third kappa shape index (κ3) is 3.68. The van der Waals surface area contributed by atoms with Gasteiger partial charge in [0.2, 0.25) is 0 Å². The number of hydrogen-bond acceptors (Lipinski definition) is 4. The summed E-state index contributed by atoms with van der Waals surface area (Å²) in [5.74, 6) is -1.15. The van der Waals surface area contributed by atoms with Crippen LogP contribution in [-0.2, 0) is 0 Å². The Morgan fingerprint density at radius 3 is 2.54 bits per heavy atom. The van der Waals surface area contributed by atoms with Gasteiger partial charge < -0.3 is 5.32 Å². The third-order valence-corrected chi connectivity index (χ3v) is 5.21. The number of amides is 1. The van der Waals surface area contributed by atoms with E-state index in [0.717, 1.165) is 33.5 Å². The molecule has 6 heteroatoms. The average molecular weight is 389 g/mol. The van der Waals surface area contributed by atoms with Gasteiger partial charge in [0, 0.05) is 29.0 Å². The Morgan fingerprint density at radius 1 is 1.04 bits per heavy atom. The molecule has 4 rings (SSSR count). The summed E-state index contributed by atoms with van der Waals surface area (Å²) in [6, 6.07) is 15.1. The third-order valence-electron chi connectivity index (χ3n) is 4.39. The summed E-state index contributed by atoms with van der Waals surface area (Å²) in [5.41, 5.74) is 4.91. The number of hydrogen-bond donors (Lipinski definition) is 1. The molecule has 0 aliphatic carbocycles. The van der Waals surface area contributed by atoms with Crippen LogP contribution in [0.4, 0.5) is 10.1 Å². The molecule has 0 atom stereocenters. The van der Waals surface area contributed by atoms with Crippen molar-refractivity contribution in [2.75, 3.05) is 5.32 Å². The molecule has 0 radical (unpaired) electrons. The number of rotatable bonds is 4. The van der Waals surface area contributed by atoms with Crippen molar-refractivity contribution < 1.29 is 9.18 Å². The lowest BCUT2D eigenvalue weighted by molar-refractivity contribution is 0.102. The number of carbonyl (C=O) groups excluding carboxylic acids is 1. The predicted molar refractivity (Wildman–Crippen MR) is 110 cm³/mol. The Morgan fingerprint density at radius 2 is 1.82 bits per heavy atom. The second kappa shape index (κ2) is 7.70. The van der Waals surface area contributed by atoms with Crippen molar-refractivity contribution in [2.24, 2.45) is 0 Å². The van der Waals surface area contributed by atoms with Crippen molar-refractivity contribution in [2.45, 2.75) is 6.92 Å². The molecule has 4 nitrogen and oxygen atoms in total. The van der Waals surface area contributed by atoms with Crippen LogP contribution < -0.4 is 5.32 Å². The molecule has 2 aromatic carbocycles. The van der Waals surface area contributed by atoms with E-state index in [1.807, 2.05) is 29.6 Å². The van der Waals surface area contributed by atoms with Crippen LogP contribution in [0.1, 0.15) is 15.9 Å². The fraction of sp³-hybridized carbons (Fsp3) is 0.0455. The molecule has 0 aliphatic rings. The van der Waals surface area contributed by atoms with Crippen molar-refractivity contribution in [3.63, 3.8) is 0 Å². The van der Waals surface area contributed by atoms with E-state index in [4.69, 9.17) is 0 Å². The highest BCUT2D eigenvalue weighted by Gasteiger charge is 2.12. The normalized spacial score (nSPS) is 10.6. The van der Waals surface area contributed by atoms with E-state index < -0.39 is 11.7 Å². The van der Waals surface area contributed by atoms with Gasteiger partial charge in [-0.05, 0) is 47.9 Å². The number of thiazole rings is 1. The van der Waals surface area contributed by atoms with Gasteiger partial charge >= 0.3 is 0 Å². The Kier molecular flexibility index (Phi) is 4.95. The van der Waals surface area contributed by atoms with E-state index in [0.29, 0.717) is 5.69 Å². The lowest BCUT2D eigenvalue weighted by atomic mass is 9.98. The van der Waals surface area contributed by atoms with Gasteiger partial charge in [-0.15, -0.1) is 11.3 Å². The number of nitrogens with one attached hydrogen (secondary N) is 1. The quantitative estimate of drug-likeness (QED) is 0.496. The molecule has 138 valence electrons. The molecule has 0 aliphatic heterocycles. The van der Waals surface area contributed by atoms with E-state index in [2.05, 4.69) is 40.4 Å². The maximum atomic E-state index is 13.7. The molecule has 2 aromatic heterocycles. The standard InChI is InChI=1S/C22H16FN3OS/c1-14-2-3-16(22-25-10-11-28-22)12-19(14)15-4-6-17(7-5-15)26-21(27)18-8-9-24-13-20(18)23/h2-13H,1H3,(H,26,27). The summed E-state index contributed by atoms with van der Waals surface area (Å²) in [7, 11) is 0. The molecule has 0 unspecified atom stereocenters. The van der Waals surface area contributed by atoms with Gasteiger partial charge in [-0.3, -0.25) is 9.78 Å². The fourth-order valence-electron chi connectivity index (χ4n) is 2.92. The minimum absolute atomic E-state index is 0.0360. The Hall–Kier alpha value is -3.38. The van der Waals surface area contributed by atoms with Gasteiger partial charge in [0.25, 0.3) is 5.91 Å². The van der Waals surface area contributed by atoms with Crippen molar-refractivity contribution in [3.8, 4) is 21.7 Å². The van der Waals surface area contributed by atoms with E-state index in [1.54, 1.807) is 17.5 Å². The smallest absolute Gasteiger partial charge is 0.258 e. The van der Waals surface area contributed by atoms with Crippen LogP contribution in [0.25, 0.3) is 21.7 Å². The number of carbonyl (C=O) groups is 1. The van der Waals surface area contributed by atoms with Crippen LogP contribution in [0.5, 0.6) is 0 Å². The molecule has 28 heavy (non-hydrogen) atoms. The highest BCUT2D eigenvalue weighted by Crippen LogP contribution is 2.31. The molecule has 0 saturated carbocycles. The maximum absolute atomic E-state index is 13.7. The predicted octanol–water partition coefficient (Wildman–Crippen LogP) is 5.57. The van der Waals surface area contributed by atoms with E-state index in [9.17, 15) is 9.18 Å². The van der Waals surface area contributed by atoms with Crippen LogP contribution in [0.3, 0.4) is 0 Å². The van der Waals surface area contributed by atoms with Gasteiger partial charge in [-0.2, -0.15) is 0 Å². The maximum Gasteiger partial charge on any atom is 0.258 e. The number of halogens is 1. The zero-order valence-corrected chi connectivity index (χ0v) is 15.8. The highest BCUT2D eigenvalue weighted by atomic mass is 32.1. The van der Waals surface area contributed by atoms with Gasteiger partial charge in [0.05, 0.1) is 11.8 Å². The minimum atomic E-state index is -0.647. The van der Waals surface area contributed by atoms with Crippen LogP contribution >= 0.6 is 11.3 Å². The van der Waals surface area contributed by atoms with Gasteiger partial charge in [0.1, 0.15) is 5.01 Å². The molecule has 0 bridgehead atoms. The largest absolute Gasteiger partial charge is 0.322 e. The van der Waals surface area contributed by atoms with Crippen LogP contribution in [-0.4, -0.2) is 15.9 Å². The number of benzene rings is 2. The Balaban J connectivity index is 1.58. The molecule has 1 amide bonds. The molecule has 0 fully saturated rings. The minimum Gasteiger partial charge on any atom is -0.322 e. The highest BCUT2D eigenvalue weighted by molar-refractivity contribution is 7.13. The molecule has 2 heterocycles. The first-order chi connectivity index (χ1) is 13.6. The molecular weight excluding hydrogens is 373 g/mol. The zero-order chi connectivity index (χ0) is 19.5. The summed E-state index contributed by atoms with van der Waals surface area (Å²) in [5, 5.41) is 5.64. The van der Waals surface area contributed by atoms with Gasteiger partial charge in [0.15, 0.2) is 5.82 Å². The fourth-order valence-corrected chi connectivity index (χ4v) is 3.56. The molecule has 0 saturated heterocycles. The number of aromatic nitrogens is 2. The molecular formula is C22H16FN3OS. The van der Waals surface area contributed by atoms with E-state index in [-0.39, 0.29) is 5.56 Å². The summed E-state index contributed by atoms with van der Waals surface area (Å²) in [6.07, 6.45) is 4.21. The Labute approximate surface area is 165 Å². The summed E-state index contributed by atoms with van der Waals surface area (Å²) >= 11 is 1.60. The first kappa shape index (κ1) is 18.0. The average Bonchev–Trinajstić information content (AvgIpc) is 3.24. The van der Waals surface area contributed by atoms with Gasteiger partial charge in [-0.25, -0.2) is 9.37 Å². The van der Waals surface area contributed by atoms with Crippen molar-refractivity contribution in [1.29, 1.82) is 0 Å². The lowest BCUT2D eigenvalue weighted by Gasteiger charge is -2.10. The van der Waals surface area contributed by atoms with E-state index >= 15 is 0 Å². The lowest BCUT2D eigenvalue weighted by Crippen LogP contribution is -2.13. The SMILES string of the molecule is Cc1ccc(-c2nccs2)cc1-c1ccc(NC(=O)c2ccncc2F)cc1. The first-order valence-electron chi connectivity index (χ1n) is 8.63. The van der Waals surface area contributed by atoms with Crippen LogP contribution in [0.2, 0.25) is 0 Å². The second-order valence-electron chi connectivity index (χ2n) is 6.25. The topological polar surface area (TPSA) is 54.9 Å². The summed E-state index contributed by atoms with van der Waals surface area (Å²) in [4.78, 5) is 20.3. The van der Waals surface area contributed by atoms with Gasteiger partial charge in [-0.1, -0.05) is 24.3 Å². The molecule has 1 N–H and O–H groups in total. The molecule has 4 aromatic rings. The van der Waals surface area contributed by atoms with E-state index in [1.165, 1.54) is 12.3 Å². The summed E-state index contributed by atoms with van der Waals surface area (Å²) in [6.45, 7) is 2.06. The Bertz CT molecular complexity index is 1120.